The summed E-state index contributed by atoms with van der Waals surface area (Å²) in [6.45, 7) is 0. The van der Waals surface area contributed by atoms with Crippen LogP contribution in [0, 0.1) is 0 Å². The van der Waals surface area contributed by atoms with Crippen molar-refractivity contribution in [2.45, 2.75) is 94.3 Å². The first-order valence-corrected chi connectivity index (χ1v) is 12.9. The molecule has 2 heterocycles. The molecule has 4 aliphatic rings. The van der Waals surface area contributed by atoms with Crippen molar-refractivity contribution in [1.29, 1.82) is 0 Å². The Balaban J connectivity index is 1.37. The molecule has 4 amide bonds. The van der Waals surface area contributed by atoms with Crippen molar-refractivity contribution in [3.05, 3.63) is 29.3 Å². The van der Waals surface area contributed by atoms with E-state index in [0.717, 1.165) is 30.6 Å². The minimum absolute atomic E-state index is 0.0280. The zero-order chi connectivity index (χ0) is 25.6. The summed E-state index contributed by atoms with van der Waals surface area (Å²) in [7, 11) is 1.90. The van der Waals surface area contributed by atoms with E-state index in [1.54, 1.807) is 12.1 Å². The van der Waals surface area contributed by atoms with Crippen LogP contribution < -0.4 is 15.5 Å². The molecule has 2 aliphatic carbocycles. The highest BCUT2D eigenvalue weighted by Gasteiger charge is 2.46. The lowest BCUT2D eigenvalue weighted by atomic mass is 9.86. The Hall–Kier alpha value is -2.88. The summed E-state index contributed by atoms with van der Waals surface area (Å²) < 4.78 is 27.3. The Kier molecular flexibility index (Phi) is 6.57. The number of nitrogens with zero attached hydrogens (tertiary/aromatic N) is 2. The highest BCUT2D eigenvalue weighted by atomic mass is 19.3. The van der Waals surface area contributed by atoms with E-state index >= 15 is 0 Å². The molecule has 0 spiro atoms. The summed E-state index contributed by atoms with van der Waals surface area (Å²) in [5.74, 6) is -4.67. The van der Waals surface area contributed by atoms with Crippen LogP contribution in [0.4, 0.5) is 14.5 Å². The van der Waals surface area contributed by atoms with Crippen molar-refractivity contribution in [2.75, 3.05) is 11.9 Å². The van der Waals surface area contributed by atoms with Crippen LogP contribution >= 0.6 is 0 Å². The van der Waals surface area contributed by atoms with Crippen LogP contribution in [-0.4, -0.2) is 65.7 Å². The molecule has 1 aromatic rings. The number of fused-ring (bicyclic) bond motifs is 1. The predicted octanol–water partition coefficient (Wildman–Crippen LogP) is 3.00. The Labute approximate surface area is 208 Å². The molecule has 5 rings (SSSR count). The fourth-order valence-electron chi connectivity index (χ4n) is 6.25. The number of rotatable bonds is 5. The average Bonchev–Trinajstić information content (AvgIpc) is 3.10. The highest BCUT2D eigenvalue weighted by Crippen LogP contribution is 2.38. The van der Waals surface area contributed by atoms with Gasteiger partial charge in [0.2, 0.25) is 17.7 Å². The molecule has 3 atom stereocenters. The largest absolute Gasteiger partial charge is 0.369 e. The molecule has 194 valence electrons. The molecule has 3 unspecified atom stereocenters. The molecule has 1 saturated heterocycles. The maximum Gasteiger partial charge on any atom is 0.264 e. The molecule has 2 saturated carbocycles. The average molecular weight is 503 g/mol. The topological polar surface area (TPSA) is 98.8 Å². The minimum atomic E-state index is -2.58. The smallest absolute Gasteiger partial charge is 0.264 e. The van der Waals surface area contributed by atoms with Gasteiger partial charge >= 0.3 is 0 Å². The molecule has 10 heteroatoms. The summed E-state index contributed by atoms with van der Waals surface area (Å²) in [6.07, 6.45) is 4.69. The van der Waals surface area contributed by atoms with Gasteiger partial charge < -0.3 is 10.2 Å². The van der Waals surface area contributed by atoms with E-state index in [2.05, 4.69) is 10.6 Å². The lowest BCUT2D eigenvalue weighted by Crippen LogP contribution is -2.55. The summed E-state index contributed by atoms with van der Waals surface area (Å²) in [5, 5.41) is 5.86. The fourth-order valence-corrected chi connectivity index (χ4v) is 6.25. The van der Waals surface area contributed by atoms with Gasteiger partial charge in [-0.25, -0.2) is 8.78 Å². The second-order valence-electron chi connectivity index (χ2n) is 10.5. The van der Waals surface area contributed by atoms with Gasteiger partial charge in [0.05, 0.1) is 16.8 Å². The van der Waals surface area contributed by atoms with Crippen LogP contribution in [0.2, 0.25) is 0 Å². The van der Waals surface area contributed by atoms with Crippen molar-refractivity contribution in [3.63, 3.8) is 0 Å². The molecule has 0 aromatic heterocycles. The second-order valence-corrected chi connectivity index (χ2v) is 10.5. The number of hydrogen-bond donors (Lipinski definition) is 2. The third-order valence-electron chi connectivity index (χ3n) is 8.22. The Bertz CT molecular complexity index is 1080. The number of likely N-dealkylation sites (N-methyl/N-ethyl adjacent to an activating group) is 1. The number of carbonyl (C=O) groups excluding carboxylic acids is 4. The van der Waals surface area contributed by atoms with Crippen LogP contribution in [0.1, 0.15) is 84.9 Å². The number of carbonyl (C=O) groups is 4. The van der Waals surface area contributed by atoms with E-state index in [1.165, 1.54) is 0 Å². The number of nitrogens with one attached hydrogen (secondary N) is 2. The zero-order valence-corrected chi connectivity index (χ0v) is 20.4. The lowest BCUT2D eigenvalue weighted by Gasteiger charge is -2.42. The third kappa shape index (κ3) is 4.51. The number of alkyl halides is 2. The Morgan fingerprint density at radius 2 is 1.72 bits per heavy atom. The first-order valence-electron chi connectivity index (χ1n) is 12.9. The minimum Gasteiger partial charge on any atom is -0.369 e. The second kappa shape index (κ2) is 9.53. The van der Waals surface area contributed by atoms with Gasteiger partial charge in [-0.3, -0.25) is 29.4 Å². The molecule has 8 nitrogen and oxygen atoms in total. The van der Waals surface area contributed by atoms with Crippen LogP contribution in [-0.2, 0) is 9.59 Å². The maximum absolute atomic E-state index is 13.6. The summed E-state index contributed by atoms with van der Waals surface area (Å²) in [6, 6.07) is 4.27. The van der Waals surface area contributed by atoms with Gasteiger partial charge in [-0.1, -0.05) is 18.9 Å². The number of halogens is 2. The van der Waals surface area contributed by atoms with E-state index < -0.39 is 35.6 Å². The van der Waals surface area contributed by atoms with Gasteiger partial charge in [-0.15, -0.1) is 0 Å². The number of piperidine rings is 1. The van der Waals surface area contributed by atoms with E-state index in [1.807, 2.05) is 18.0 Å². The Morgan fingerprint density at radius 1 is 1.00 bits per heavy atom. The molecule has 1 aromatic carbocycles. The van der Waals surface area contributed by atoms with E-state index in [-0.39, 0.29) is 54.9 Å². The molecule has 36 heavy (non-hydrogen) atoms. The van der Waals surface area contributed by atoms with Crippen molar-refractivity contribution in [2.24, 2.45) is 0 Å². The molecular weight excluding hydrogens is 470 g/mol. The SMILES string of the molecule is CN(c1cccc2c1C(=O)N(C1CCC(=O)NC1=O)C2=O)C1CCCCC1NC1CCC(F)(F)CC1. The fraction of sp³-hybridized carbons (Fsp3) is 0.615. The molecule has 0 bridgehead atoms. The first kappa shape index (κ1) is 24.8. The van der Waals surface area contributed by atoms with E-state index in [9.17, 15) is 28.0 Å². The predicted molar refractivity (Wildman–Crippen MR) is 128 cm³/mol. The molecular formula is C26H32F2N4O4. The molecule has 0 radical (unpaired) electrons. The third-order valence-corrected chi connectivity index (χ3v) is 8.22. The van der Waals surface area contributed by atoms with Gasteiger partial charge in [-0.05, 0) is 44.2 Å². The van der Waals surface area contributed by atoms with Gasteiger partial charge in [0.15, 0.2) is 0 Å². The number of amides is 4. The monoisotopic (exact) mass is 502 g/mol. The van der Waals surface area contributed by atoms with E-state index in [4.69, 9.17) is 0 Å². The van der Waals surface area contributed by atoms with Gasteiger partial charge in [0.1, 0.15) is 6.04 Å². The van der Waals surface area contributed by atoms with Crippen LogP contribution in [0.3, 0.4) is 0 Å². The number of anilines is 1. The van der Waals surface area contributed by atoms with Crippen molar-refractivity contribution in [3.8, 4) is 0 Å². The summed E-state index contributed by atoms with van der Waals surface area (Å²) >= 11 is 0. The lowest BCUT2D eigenvalue weighted by molar-refractivity contribution is -0.136. The van der Waals surface area contributed by atoms with Crippen LogP contribution in [0.15, 0.2) is 18.2 Å². The van der Waals surface area contributed by atoms with Crippen molar-refractivity contribution in [1.82, 2.24) is 15.5 Å². The van der Waals surface area contributed by atoms with Crippen molar-refractivity contribution >= 4 is 29.3 Å². The highest BCUT2D eigenvalue weighted by molar-refractivity contribution is 6.25. The summed E-state index contributed by atoms with van der Waals surface area (Å²) in [5.41, 5.74) is 1.15. The van der Waals surface area contributed by atoms with Gasteiger partial charge in [0, 0.05) is 44.4 Å². The molecule has 2 aliphatic heterocycles. The number of hydrogen-bond acceptors (Lipinski definition) is 6. The van der Waals surface area contributed by atoms with Crippen LogP contribution in [0.25, 0.3) is 0 Å². The molecule has 3 fully saturated rings. The Morgan fingerprint density at radius 3 is 2.44 bits per heavy atom. The normalized spacial score (nSPS) is 28.8. The quantitative estimate of drug-likeness (QED) is 0.601. The first-order chi connectivity index (χ1) is 17.2. The van der Waals surface area contributed by atoms with E-state index in [0.29, 0.717) is 18.5 Å². The molecule has 2 N–H and O–H groups in total. The van der Waals surface area contributed by atoms with Gasteiger partial charge in [0.25, 0.3) is 11.8 Å². The standard InChI is InChI=1S/C26H32F2N4O4/c1-31(18-7-3-2-6-17(18)29-15-11-13-26(27,28)14-12-15)19-8-4-5-16-22(19)25(36)32(24(16)35)20-9-10-21(33)30-23(20)34/h4-5,8,15,17-18,20,29H,2-3,6-7,9-14H2,1H3,(H,30,33,34). The van der Waals surface area contributed by atoms with Crippen LogP contribution in [0.5, 0.6) is 0 Å². The van der Waals surface area contributed by atoms with Gasteiger partial charge in [-0.2, -0.15) is 0 Å². The number of benzene rings is 1. The summed E-state index contributed by atoms with van der Waals surface area (Å²) in [4.78, 5) is 53.8. The zero-order valence-electron chi connectivity index (χ0n) is 20.4. The maximum atomic E-state index is 13.6. The van der Waals surface area contributed by atoms with Crippen molar-refractivity contribution < 1.29 is 28.0 Å². The number of imide groups is 2.